The quantitative estimate of drug-likeness (QED) is 0.448. The highest BCUT2D eigenvalue weighted by Gasteiger charge is 1.98. The molecule has 1 heteroatoms. The van der Waals surface area contributed by atoms with Crippen LogP contribution in [0.3, 0.4) is 0 Å². The molecule has 0 aliphatic carbocycles. The van der Waals surface area contributed by atoms with Crippen molar-refractivity contribution < 1.29 is 0 Å². The van der Waals surface area contributed by atoms with Crippen LogP contribution < -0.4 is 5.32 Å². The average Bonchev–Trinajstić information content (AvgIpc) is 2.14. The lowest BCUT2D eigenvalue weighted by Gasteiger charge is -2.10. The molecule has 76 valence electrons. The molecule has 0 aromatic rings. The standard InChI is InChI=1S/C12H23N/c1-4-6-7-8-9-10-12(3)13-11-5-2/h2,12-13H,4,6-11H2,1,3H3/t12-/m1/s1. The Bertz CT molecular complexity index is 135. The van der Waals surface area contributed by atoms with Gasteiger partial charge in [0.1, 0.15) is 0 Å². The van der Waals surface area contributed by atoms with Gasteiger partial charge in [0.25, 0.3) is 0 Å². The minimum Gasteiger partial charge on any atom is -0.304 e. The number of rotatable bonds is 8. The Morgan fingerprint density at radius 2 is 1.92 bits per heavy atom. The lowest BCUT2D eigenvalue weighted by molar-refractivity contribution is 0.501. The third-order valence-electron chi connectivity index (χ3n) is 2.29. The van der Waals surface area contributed by atoms with Gasteiger partial charge in [0.15, 0.2) is 0 Å². The summed E-state index contributed by atoms with van der Waals surface area (Å²) in [7, 11) is 0. The third kappa shape index (κ3) is 9.43. The summed E-state index contributed by atoms with van der Waals surface area (Å²) in [4.78, 5) is 0. The second-order valence-electron chi connectivity index (χ2n) is 3.69. The van der Waals surface area contributed by atoms with E-state index in [2.05, 4.69) is 25.1 Å². The van der Waals surface area contributed by atoms with Crippen molar-refractivity contribution in [3.63, 3.8) is 0 Å². The molecule has 0 bridgehead atoms. The summed E-state index contributed by atoms with van der Waals surface area (Å²) < 4.78 is 0. The highest BCUT2D eigenvalue weighted by atomic mass is 14.9. The Hall–Kier alpha value is -0.480. The molecule has 0 unspecified atom stereocenters. The van der Waals surface area contributed by atoms with Gasteiger partial charge in [-0.15, -0.1) is 6.42 Å². The van der Waals surface area contributed by atoms with Crippen LogP contribution in [0.4, 0.5) is 0 Å². The van der Waals surface area contributed by atoms with E-state index in [1.54, 1.807) is 0 Å². The van der Waals surface area contributed by atoms with Gasteiger partial charge in [0.05, 0.1) is 6.54 Å². The van der Waals surface area contributed by atoms with E-state index in [0.717, 1.165) is 0 Å². The molecule has 0 amide bonds. The van der Waals surface area contributed by atoms with Crippen LogP contribution in [0.25, 0.3) is 0 Å². The Morgan fingerprint density at radius 1 is 1.23 bits per heavy atom. The second-order valence-corrected chi connectivity index (χ2v) is 3.69. The molecule has 0 heterocycles. The fraction of sp³-hybridized carbons (Fsp3) is 0.833. The van der Waals surface area contributed by atoms with Crippen molar-refractivity contribution in [2.75, 3.05) is 6.54 Å². The predicted molar refractivity (Wildman–Crippen MR) is 59.7 cm³/mol. The van der Waals surface area contributed by atoms with Crippen molar-refractivity contribution in [1.29, 1.82) is 0 Å². The largest absolute Gasteiger partial charge is 0.304 e. The number of hydrogen-bond acceptors (Lipinski definition) is 1. The monoisotopic (exact) mass is 181 g/mol. The number of unbranched alkanes of at least 4 members (excludes halogenated alkanes) is 4. The number of hydrogen-bond donors (Lipinski definition) is 1. The Labute approximate surface area is 83.3 Å². The summed E-state index contributed by atoms with van der Waals surface area (Å²) in [5, 5.41) is 3.29. The Balaban J connectivity index is 3.08. The summed E-state index contributed by atoms with van der Waals surface area (Å²) in [6, 6.07) is 0.581. The van der Waals surface area contributed by atoms with Gasteiger partial charge in [-0.25, -0.2) is 0 Å². The molecule has 0 saturated heterocycles. The van der Waals surface area contributed by atoms with E-state index in [9.17, 15) is 0 Å². The molecule has 0 aromatic carbocycles. The van der Waals surface area contributed by atoms with Crippen LogP contribution >= 0.6 is 0 Å². The van der Waals surface area contributed by atoms with Crippen LogP contribution in [0, 0.1) is 12.3 Å². The summed E-state index contributed by atoms with van der Waals surface area (Å²) >= 11 is 0. The fourth-order valence-electron chi connectivity index (χ4n) is 1.39. The molecule has 13 heavy (non-hydrogen) atoms. The first-order valence-electron chi connectivity index (χ1n) is 5.48. The Kier molecular flexibility index (Phi) is 9.25. The zero-order valence-electron chi connectivity index (χ0n) is 9.10. The highest BCUT2D eigenvalue weighted by Crippen LogP contribution is 2.06. The minimum atomic E-state index is 0.581. The van der Waals surface area contributed by atoms with Gasteiger partial charge in [-0.3, -0.25) is 0 Å². The third-order valence-corrected chi connectivity index (χ3v) is 2.29. The molecular weight excluding hydrogens is 158 g/mol. The van der Waals surface area contributed by atoms with Crippen molar-refractivity contribution in [1.82, 2.24) is 5.32 Å². The average molecular weight is 181 g/mol. The number of terminal acetylenes is 1. The lowest BCUT2D eigenvalue weighted by Crippen LogP contribution is -2.25. The van der Waals surface area contributed by atoms with E-state index < -0.39 is 0 Å². The smallest absolute Gasteiger partial charge is 0.0575 e. The zero-order chi connectivity index (χ0) is 9.94. The van der Waals surface area contributed by atoms with Crippen LogP contribution in [-0.2, 0) is 0 Å². The van der Waals surface area contributed by atoms with Crippen molar-refractivity contribution in [2.24, 2.45) is 0 Å². The molecule has 0 aliphatic rings. The van der Waals surface area contributed by atoms with Crippen LogP contribution in [0.2, 0.25) is 0 Å². The molecule has 0 fully saturated rings. The summed E-state index contributed by atoms with van der Waals surface area (Å²) in [6.07, 6.45) is 13.2. The normalized spacial score (nSPS) is 12.4. The van der Waals surface area contributed by atoms with E-state index in [4.69, 9.17) is 6.42 Å². The van der Waals surface area contributed by atoms with Crippen molar-refractivity contribution in [3.05, 3.63) is 0 Å². The molecule has 1 atom stereocenters. The molecule has 0 aromatic heterocycles. The predicted octanol–water partition coefficient (Wildman–Crippen LogP) is 2.96. The van der Waals surface area contributed by atoms with Crippen molar-refractivity contribution >= 4 is 0 Å². The number of nitrogens with one attached hydrogen (secondary N) is 1. The molecule has 0 radical (unpaired) electrons. The van der Waals surface area contributed by atoms with Crippen LogP contribution in [0.5, 0.6) is 0 Å². The van der Waals surface area contributed by atoms with Gasteiger partial charge in [0.2, 0.25) is 0 Å². The summed E-state index contributed by atoms with van der Waals surface area (Å²) in [5.41, 5.74) is 0. The van der Waals surface area contributed by atoms with Gasteiger partial charge >= 0.3 is 0 Å². The second kappa shape index (κ2) is 9.61. The summed E-state index contributed by atoms with van der Waals surface area (Å²) in [5.74, 6) is 2.60. The minimum absolute atomic E-state index is 0.581. The van der Waals surface area contributed by atoms with Gasteiger partial charge in [0, 0.05) is 6.04 Å². The molecule has 0 saturated carbocycles. The van der Waals surface area contributed by atoms with Crippen molar-refractivity contribution in [2.45, 2.75) is 58.4 Å². The van der Waals surface area contributed by atoms with Crippen LogP contribution in [0.1, 0.15) is 52.4 Å². The maximum absolute atomic E-state index is 5.16. The molecule has 1 nitrogen and oxygen atoms in total. The molecule has 0 rings (SSSR count). The first-order valence-corrected chi connectivity index (χ1v) is 5.48. The molecule has 0 aliphatic heterocycles. The van der Waals surface area contributed by atoms with Gasteiger partial charge in [-0.2, -0.15) is 0 Å². The maximum Gasteiger partial charge on any atom is 0.0575 e. The molecule has 0 spiro atoms. The SMILES string of the molecule is C#CCN[C@H](C)CCCCCCC. The van der Waals surface area contributed by atoms with E-state index in [1.807, 2.05) is 0 Å². The fourth-order valence-corrected chi connectivity index (χ4v) is 1.39. The van der Waals surface area contributed by atoms with Gasteiger partial charge in [-0.05, 0) is 13.3 Å². The Morgan fingerprint density at radius 3 is 2.54 bits per heavy atom. The first-order chi connectivity index (χ1) is 6.31. The van der Waals surface area contributed by atoms with Crippen LogP contribution in [-0.4, -0.2) is 12.6 Å². The molecule has 1 N–H and O–H groups in total. The lowest BCUT2D eigenvalue weighted by atomic mass is 10.1. The first kappa shape index (κ1) is 12.5. The van der Waals surface area contributed by atoms with Crippen LogP contribution in [0.15, 0.2) is 0 Å². The van der Waals surface area contributed by atoms with E-state index in [-0.39, 0.29) is 0 Å². The van der Waals surface area contributed by atoms with E-state index >= 15 is 0 Å². The zero-order valence-corrected chi connectivity index (χ0v) is 9.10. The van der Waals surface area contributed by atoms with Crippen molar-refractivity contribution in [3.8, 4) is 12.3 Å². The van der Waals surface area contributed by atoms with E-state index in [0.29, 0.717) is 12.6 Å². The molecular formula is C12H23N. The topological polar surface area (TPSA) is 12.0 Å². The summed E-state index contributed by atoms with van der Waals surface area (Å²) in [6.45, 7) is 5.16. The maximum atomic E-state index is 5.16. The van der Waals surface area contributed by atoms with E-state index in [1.165, 1.54) is 38.5 Å². The van der Waals surface area contributed by atoms with Gasteiger partial charge in [-0.1, -0.05) is 44.9 Å². The highest BCUT2D eigenvalue weighted by molar-refractivity contribution is 4.87. The van der Waals surface area contributed by atoms with Gasteiger partial charge < -0.3 is 5.32 Å².